The predicted molar refractivity (Wildman–Crippen MR) is 83.2 cm³/mol. The second-order valence-corrected chi connectivity index (χ2v) is 5.37. The predicted octanol–water partition coefficient (Wildman–Crippen LogP) is 0.230. The summed E-state index contributed by atoms with van der Waals surface area (Å²) in [6.45, 7) is 7.69. The number of hydrogen-bond acceptors (Lipinski definition) is 10. The smallest absolute Gasteiger partial charge is 0.303 e. The fourth-order valence-electron chi connectivity index (χ4n) is 2.39. The van der Waals surface area contributed by atoms with E-state index >= 15 is 0 Å². The Labute approximate surface area is 150 Å². The van der Waals surface area contributed by atoms with Crippen LogP contribution in [0.5, 0.6) is 0 Å². The molecule has 0 saturated carbocycles. The van der Waals surface area contributed by atoms with Gasteiger partial charge in [-0.05, 0) is 0 Å². The third-order valence-electron chi connectivity index (χ3n) is 3.18. The lowest BCUT2D eigenvalue weighted by Gasteiger charge is -2.43. The molecule has 0 bridgehead atoms. The average Bonchev–Trinajstić information content (AvgIpc) is 2.50. The standard InChI is InChI=1S/C16H22O10/c1-6-21-16-15(25-11(5)20)14(24-10(4)19)13(23-9(3)18)12(26-16)7-22-8(2)17/h6,12-16H,1,7H2,2-5H3/t12-,13-,14+,15-,16+/m1/s1. The van der Waals surface area contributed by atoms with Gasteiger partial charge in [-0.15, -0.1) is 0 Å². The van der Waals surface area contributed by atoms with Gasteiger partial charge in [0.15, 0.2) is 12.2 Å². The molecule has 5 atom stereocenters. The SMILES string of the molecule is C=CO[C@H]1O[C@H](COC(C)=O)[C@@H](OC(C)=O)[C@H](OC(C)=O)[C@H]1OC(C)=O. The Morgan fingerprint density at radius 2 is 1.35 bits per heavy atom. The monoisotopic (exact) mass is 374 g/mol. The summed E-state index contributed by atoms with van der Waals surface area (Å²) < 4.78 is 31.2. The maximum atomic E-state index is 11.5. The van der Waals surface area contributed by atoms with Gasteiger partial charge in [-0.1, -0.05) is 6.58 Å². The molecule has 1 saturated heterocycles. The lowest BCUT2D eigenvalue weighted by Crippen LogP contribution is -2.62. The fraction of sp³-hybridized carbons (Fsp3) is 0.625. The minimum atomic E-state index is -1.25. The Hall–Kier alpha value is -2.62. The van der Waals surface area contributed by atoms with Crippen LogP contribution in [-0.2, 0) is 47.6 Å². The zero-order chi connectivity index (χ0) is 19.9. The van der Waals surface area contributed by atoms with Crippen molar-refractivity contribution in [1.29, 1.82) is 0 Å². The summed E-state index contributed by atoms with van der Waals surface area (Å²) >= 11 is 0. The summed E-state index contributed by atoms with van der Waals surface area (Å²) in [6, 6.07) is 0. The third-order valence-corrected chi connectivity index (χ3v) is 3.18. The first kappa shape index (κ1) is 21.4. The van der Waals surface area contributed by atoms with Crippen molar-refractivity contribution in [1.82, 2.24) is 0 Å². The van der Waals surface area contributed by atoms with Crippen LogP contribution in [-0.4, -0.2) is 61.2 Å². The lowest BCUT2D eigenvalue weighted by atomic mass is 9.98. The number of esters is 4. The molecule has 146 valence electrons. The minimum Gasteiger partial charge on any atom is -0.469 e. The molecule has 0 radical (unpaired) electrons. The molecule has 26 heavy (non-hydrogen) atoms. The number of ether oxygens (including phenoxy) is 6. The van der Waals surface area contributed by atoms with Gasteiger partial charge >= 0.3 is 23.9 Å². The topological polar surface area (TPSA) is 124 Å². The number of rotatable bonds is 7. The highest BCUT2D eigenvalue weighted by Crippen LogP contribution is 2.29. The van der Waals surface area contributed by atoms with E-state index in [1.807, 2.05) is 0 Å². The van der Waals surface area contributed by atoms with Crippen LogP contribution in [0.4, 0.5) is 0 Å². The Bertz CT molecular complexity index is 557. The van der Waals surface area contributed by atoms with Gasteiger partial charge in [-0.25, -0.2) is 0 Å². The summed E-state index contributed by atoms with van der Waals surface area (Å²) in [5, 5.41) is 0. The molecule has 1 rings (SSSR count). The Morgan fingerprint density at radius 3 is 1.81 bits per heavy atom. The van der Waals surface area contributed by atoms with Crippen LogP contribution in [0, 0.1) is 0 Å². The fourth-order valence-corrected chi connectivity index (χ4v) is 2.39. The molecule has 0 aromatic heterocycles. The highest BCUT2D eigenvalue weighted by molar-refractivity contribution is 5.68. The van der Waals surface area contributed by atoms with E-state index in [-0.39, 0.29) is 6.61 Å². The minimum absolute atomic E-state index is 0.311. The molecular formula is C16H22O10. The van der Waals surface area contributed by atoms with Gasteiger partial charge in [-0.3, -0.25) is 19.2 Å². The summed E-state index contributed by atoms with van der Waals surface area (Å²) in [5.74, 6) is -2.71. The Balaban J connectivity index is 3.24. The van der Waals surface area contributed by atoms with Crippen LogP contribution in [0.1, 0.15) is 27.7 Å². The molecule has 10 heteroatoms. The summed E-state index contributed by atoms with van der Waals surface area (Å²) in [4.78, 5) is 45.5. The molecule has 1 aliphatic heterocycles. The van der Waals surface area contributed by atoms with E-state index in [4.69, 9.17) is 28.4 Å². The van der Waals surface area contributed by atoms with E-state index in [9.17, 15) is 19.2 Å². The van der Waals surface area contributed by atoms with Gasteiger partial charge in [0.25, 0.3) is 0 Å². The Kier molecular flexibility index (Phi) is 8.04. The quantitative estimate of drug-likeness (QED) is 0.347. The van der Waals surface area contributed by atoms with Crippen molar-refractivity contribution in [2.45, 2.75) is 58.4 Å². The molecule has 1 fully saturated rings. The maximum absolute atomic E-state index is 11.5. The Morgan fingerprint density at radius 1 is 0.846 bits per heavy atom. The number of hydrogen-bond donors (Lipinski definition) is 0. The van der Waals surface area contributed by atoms with Crippen molar-refractivity contribution in [3.63, 3.8) is 0 Å². The summed E-state index contributed by atoms with van der Waals surface area (Å²) in [6.07, 6.45) is -4.92. The molecule has 0 spiro atoms. The van der Waals surface area contributed by atoms with Gasteiger partial charge < -0.3 is 28.4 Å². The van der Waals surface area contributed by atoms with Crippen molar-refractivity contribution >= 4 is 23.9 Å². The van der Waals surface area contributed by atoms with Crippen molar-refractivity contribution < 1.29 is 47.6 Å². The van der Waals surface area contributed by atoms with Crippen LogP contribution < -0.4 is 0 Å². The molecule has 0 N–H and O–H groups in total. The summed E-state index contributed by atoms with van der Waals surface area (Å²) in [5.41, 5.74) is 0. The zero-order valence-corrected chi connectivity index (χ0v) is 15.0. The lowest BCUT2D eigenvalue weighted by molar-refractivity contribution is -0.297. The van der Waals surface area contributed by atoms with E-state index in [0.29, 0.717) is 0 Å². The van der Waals surface area contributed by atoms with Gasteiger partial charge in [0.2, 0.25) is 12.4 Å². The van der Waals surface area contributed by atoms with Crippen LogP contribution in [0.25, 0.3) is 0 Å². The van der Waals surface area contributed by atoms with Crippen LogP contribution >= 0.6 is 0 Å². The first-order valence-corrected chi connectivity index (χ1v) is 7.72. The molecule has 0 amide bonds. The van der Waals surface area contributed by atoms with Crippen molar-refractivity contribution in [3.05, 3.63) is 12.8 Å². The van der Waals surface area contributed by atoms with Crippen molar-refractivity contribution in [3.8, 4) is 0 Å². The van der Waals surface area contributed by atoms with E-state index in [1.165, 1.54) is 6.92 Å². The molecule has 0 aromatic carbocycles. The third kappa shape index (κ3) is 6.36. The van der Waals surface area contributed by atoms with Gasteiger partial charge in [-0.2, -0.15) is 0 Å². The molecule has 1 heterocycles. The molecule has 10 nitrogen and oxygen atoms in total. The van der Waals surface area contributed by atoms with Crippen LogP contribution in [0.15, 0.2) is 12.8 Å². The number of carbonyl (C=O) groups is 4. The first-order chi connectivity index (χ1) is 12.1. The first-order valence-electron chi connectivity index (χ1n) is 7.72. The van der Waals surface area contributed by atoms with Gasteiger partial charge in [0, 0.05) is 27.7 Å². The van der Waals surface area contributed by atoms with E-state index in [0.717, 1.165) is 27.0 Å². The molecular weight excluding hydrogens is 352 g/mol. The van der Waals surface area contributed by atoms with E-state index < -0.39 is 54.6 Å². The normalized spacial score (nSPS) is 27.6. The van der Waals surface area contributed by atoms with Crippen molar-refractivity contribution in [2.75, 3.05) is 6.61 Å². The maximum Gasteiger partial charge on any atom is 0.303 e. The van der Waals surface area contributed by atoms with Gasteiger partial charge in [0.1, 0.15) is 12.7 Å². The highest BCUT2D eigenvalue weighted by atomic mass is 16.7. The van der Waals surface area contributed by atoms with E-state index in [2.05, 4.69) is 6.58 Å². The highest BCUT2D eigenvalue weighted by Gasteiger charge is 2.53. The van der Waals surface area contributed by atoms with E-state index in [1.54, 1.807) is 0 Å². The van der Waals surface area contributed by atoms with Crippen LogP contribution in [0.3, 0.4) is 0 Å². The molecule has 1 aliphatic rings. The molecule has 0 aliphatic carbocycles. The molecule has 0 aromatic rings. The second kappa shape index (κ2) is 9.76. The number of carbonyl (C=O) groups excluding carboxylic acids is 4. The molecule has 0 unspecified atom stereocenters. The second-order valence-electron chi connectivity index (χ2n) is 5.37. The summed E-state index contributed by atoms with van der Waals surface area (Å²) in [7, 11) is 0. The van der Waals surface area contributed by atoms with Gasteiger partial charge in [0.05, 0.1) is 6.26 Å². The zero-order valence-electron chi connectivity index (χ0n) is 15.0. The average molecular weight is 374 g/mol. The van der Waals surface area contributed by atoms with Crippen LogP contribution in [0.2, 0.25) is 0 Å². The van der Waals surface area contributed by atoms with Crippen molar-refractivity contribution in [2.24, 2.45) is 0 Å². The largest absolute Gasteiger partial charge is 0.469 e.